The van der Waals surface area contributed by atoms with Gasteiger partial charge in [0.2, 0.25) is 0 Å². The quantitative estimate of drug-likeness (QED) is 0.864. The molecule has 1 aromatic rings. The van der Waals surface area contributed by atoms with Crippen molar-refractivity contribution < 1.29 is 9.18 Å². The minimum atomic E-state index is -0.572. The van der Waals surface area contributed by atoms with Crippen LogP contribution < -0.4 is 5.73 Å². The lowest BCUT2D eigenvalue weighted by Gasteiger charge is -2.22. The van der Waals surface area contributed by atoms with Gasteiger partial charge in [0.15, 0.2) is 0 Å². The highest BCUT2D eigenvalue weighted by Gasteiger charge is 2.20. The fraction of sp³-hybridized carbons (Fsp3) is 0.385. The van der Waals surface area contributed by atoms with Gasteiger partial charge < -0.3 is 10.6 Å². The molecule has 6 heteroatoms. The highest BCUT2D eigenvalue weighted by Crippen LogP contribution is 2.24. The van der Waals surface area contributed by atoms with Crippen molar-refractivity contribution in [2.24, 2.45) is 5.92 Å². The zero-order valence-electron chi connectivity index (χ0n) is 10.8. The van der Waals surface area contributed by atoms with Crippen molar-refractivity contribution >= 4 is 27.5 Å². The molecule has 4 nitrogen and oxygen atoms in total. The number of nitriles is 1. The molecular formula is C13H15BrFN3O. The van der Waals surface area contributed by atoms with Crippen molar-refractivity contribution in [2.75, 3.05) is 18.8 Å². The highest BCUT2D eigenvalue weighted by molar-refractivity contribution is 9.10. The van der Waals surface area contributed by atoms with E-state index < -0.39 is 5.82 Å². The summed E-state index contributed by atoms with van der Waals surface area (Å²) in [6.45, 7) is 4.36. The fourth-order valence-electron chi connectivity index (χ4n) is 1.63. The fourth-order valence-corrected chi connectivity index (χ4v) is 2.11. The van der Waals surface area contributed by atoms with E-state index in [2.05, 4.69) is 22.0 Å². The Kier molecular flexibility index (Phi) is 5.31. The van der Waals surface area contributed by atoms with E-state index in [1.165, 1.54) is 17.0 Å². The number of carbonyl (C=O) groups excluding carboxylic acids is 1. The number of hydrogen-bond acceptors (Lipinski definition) is 3. The Hall–Kier alpha value is -1.61. The minimum absolute atomic E-state index is 0.0732. The topological polar surface area (TPSA) is 70.1 Å². The Morgan fingerprint density at radius 3 is 2.79 bits per heavy atom. The van der Waals surface area contributed by atoms with Crippen LogP contribution in [0.1, 0.15) is 24.2 Å². The zero-order valence-corrected chi connectivity index (χ0v) is 12.4. The van der Waals surface area contributed by atoms with E-state index >= 15 is 0 Å². The van der Waals surface area contributed by atoms with Crippen LogP contribution in [0.25, 0.3) is 0 Å². The monoisotopic (exact) mass is 327 g/mol. The number of rotatable bonds is 4. The van der Waals surface area contributed by atoms with E-state index in [1.54, 1.807) is 6.92 Å². The summed E-state index contributed by atoms with van der Waals surface area (Å²) in [6, 6.07) is 4.56. The van der Waals surface area contributed by atoms with Gasteiger partial charge in [-0.2, -0.15) is 5.26 Å². The van der Waals surface area contributed by atoms with Gasteiger partial charge in [-0.15, -0.1) is 0 Å². The van der Waals surface area contributed by atoms with Gasteiger partial charge in [-0.25, -0.2) is 4.39 Å². The van der Waals surface area contributed by atoms with E-state index in [0.29, 0.717) is 23.1 Å². The number of benzene rings is 1. The molecule has 1 atom stereocenters. The van der Waals surface area contributed by atoms with E-state index in [9.17, 15) is 9.18 Å². The maximum atomic E-state index is 13.2. The SMILES string of the molecule is CCN(CC(C)C#N)C(=O)c1cc(N)c(F)cc1Br. The second-order valence-corrected chi connectivity index (χ2v) is 5.08. The summed E-state index contributed by atoms with van der Waals surface area (Å²) in [6.07, 6.45) is 0. The number of carbonyl (C=O) groups is 1. The van der Waals surface area contributed by atoms with Crippen molar-refractivity contribution in [3.8, 4) is 6.07 Å². The van der Waals surface area contributed by atoms with E-state index in [0.717, 1.165) is 0 Å². The second kappa shape index (κ2) is 6.53. The minimum Gasteiger partial charge on any atom is -0.396 e. The summed E-state index contributed by atoms with van der Waals surface area (Å²) in [5.74, 6) is -1.11. The van der Waals surface area contributed by atoms with Gasteiger partial charge in [0.1, 0.15) is 5.82 Å². The molecule has 19 heavy (non-hydrogen) atoms. The average molecular weight is 328 g/mol. The van der Waals surface area contributed by atoms with Gasteiger partial charge in [-0.1, -0.05) is 0 Å². The van der Waals surface area contributed by atoms with Crippen molar-refractivity contribution in [2.45, 2.75) is 13.8 Å². The molecule has 102 valence electrons. The first-order valence-corrected chi connectivity index (χ1v) is 6.63. The van der Waals surface area contributed by atoms with Crippen LogP contribution in [0.3, 0.4) is 0 Å². The first kappa shape index (κ1) is 15.4. The first-order chi connectivity index (χ1) is 8.90. The van der Waals surface area contributed by atoms with Gasteiger partial charge in [0.25, 0.3) is 5.91 Å². The second-order valence-electron chi connectivity index (χ2n) is 4.23. The number of anilines is 1. The van der Waals surface area contributed by atoms with Gasteiger partial charge in [0, 0.05) is 17.6 Å². The molecular weight excluding hydrogens is 313 g/mol. The molecule has 0 aromatic heterocycles. The van der Waals surface area contributed by atoms with Crippen LogP contribution in [-0.4, -0.2) is 23.9 Å². The van der Waals surface area contributed by atoms with Crippen LogP contribution >= 0.6 is 15.9 Å². The van der Waals surface area contributed by atoms with Gasteiger partial charge >= 0.3 is 0 Å². The van der Waals surface area contributed by atoms with Crippen molar-refractivity contribution in [1.82, 2.24) is 4.90 Å². The number of hydrogen-bond donors (Lipinski definition) is 1. The molecule has 0 spiro atoms. The number of nitrogen functional groups attached to an aromatic ring is 1. The lowest BCUT2D eigenvalue weighted by molar-refractivity contribution is 0.0752. The zero-order chi connectivity index (χ0) is 14.6. The molecule has 1 amide bonds. The number of nitrogens with zero attached hydrogens (tertiary/aromatic N) is 2. The standard InChI is InChI=1S/C13H15BrFN3O/c1-3-18(7-8(2)6-16)13(19)9-4-12(17)11(15)5-10(9)14/h4-5,8H,3,7,17H2,1-2H3. The summed E-state index contributed by atoms with van der Waals surface area (Å²) in [5.41, 5.74) is 5.70. The lowest BCUT2D eigenvalue weighted by Crippen LogP contribution is -2.34. The molecule has 0 aliphatic carbocycles. The van der Waals surface area contributed by atoms with Crippen molar-refractivity contribution in [3.63, 3.8) is 0 Å². The van der Waals surface area contributed by atoms with Crippen LogP contribution in [0.4, 0.5) is 10.1 Å². The molecule has 0 saturated carbocycles. The lowest BCUT2D eigenvalue weighted by atomic mass is 10.1. The van der Waals surface area contributed by atoms with Crippen LogP contribution in [0.2, 0.25) is 0 Å². The smallest absolute Gasteiger partial charge is 0.255 e. The van der Waals surface area contributed by atoms with E-state index in [-0.39, 0.29) is 17.5 Å². The predicted octanol–water partition coefficient (Wildman–Crippen LogP) is 2.79. The molecule has 1 rings (SSSR count). The summed E-state index contributed by atoms with van der Waals surface area (Å²) in [7, 11) is 0. The third-order valence-electron chi connectivity index (χ3n) is 2.70. The van der Waals surface area contributed by atoms with Gasteiger partial charge in [-0.05, 0) is 41.9 Å². The molecule has 1 aromatic carbocycles. The predicted molar refractivity (Wildman–Crippen MR) is 74.9 cm³/mol. The Balaban J connectivity index is 3.05. The largest absolute Gasteiger partial charge is 0.396 e. The Labute approximate surface area is 120 Å². The Morgan fingerprint density at radius 2 is 2.26 bits per heavy atom. The molecule has 0 aliphatic heterocycles. The van der Waals surface area contributed by atoms with Gasteiger partial charge in [0.05, 0.1) is 23.2 Å². The normalized spacial score (nSPS) is 11.7. The molecule has 0 saturated heterocycles. The average Bonchev–Trinajstić information content (AvgIpc) is 2.39. The summed E-state index contributed by atoms with van der Waals surface area (Å²) in [4.78, 5) is 13.9. The maximum Gasteiger partial charge on any atom is 0.255 e. The van der Waals surface area contributed by atoms with Crippen LogP contribution in [0.5, 0.6) is 0 Å². The van der Waals surface area contributed by atoms with E-state index in [1.807, 2.05) is 6.92 Å². The Bertz CT molecular complexity index is 527. The summed E-state index contributed by atoms with van der Waals surface area (Å²) >= 11 is 3.15. The maximum absolute atomic E-state index is 13.2. The van der Waals surface area contributed by atoms with Crippen LogP contribution in [0.15, 0.2) is 16.6 Å². The molecule has 0 radical (unpaired) electrons. The third kappa shape index (κ3) is 3.67. The molecule has 2 N–H and O–H groups in total. The first-order valence-electron chi connectivity index (χ1n) is 5.84. The highest BCUT2D eigenvalue weighted by atomic mass is 79.9. The van der Waals surface area contributed by atoms with Gasteiger partial charge in [-0.3, -0.25) is 4.79 Å². The number of halogens is 2. The molecule has 1 unspecified atom stereocenters. The van der Waals surface area contributed by atoms with E-state index in [4.69, 9.17) is 11.0 Å². The summed E-state index contributed by atoms with van der Waals surface area (Å²) < 4.78 is 13.6. The van der Waals surface area contributed by atoms with Crippen LogP contribution in [0, 0.1) is 23.1 Å². The molecule has 0 aliphatic rings. The molecule has 0 bridgehead atoms. The number of amides is 1. The number of nitrogens with two attached hydrogens (primary N) is 1. The molecule has 0 heterocycles. The summed E-state index contributed by atoms with van der Waals surface area (Å²) in [5, 5.41) is 8.80. The van der Waals surface area contributed by atoms with Crippen LogP contribution in [-0.2, 0) is 0 Å². The van der Waals surface area contributed by atoms with Crippen molar-refractivity contribution in [3.05, 3.63) is 28.0 Å². The Morgan fingerprint density at radius 1 is 1.63 bits per heavy atom. The van der Waals surface area contributed by atoms with Crippen molar-refractivity contribution in [1.29, 1.82) is 5.26 Å². The third-order valence-corrected chi connectivity index (χ3v) is 3.36. The molecule has 0 fully saturated rings.